The van der Waals surface area contributed by atoms with E-state index >= 15 is 0 Å². The van der Waals surface area contributed by atoms with Gasteiger partial charge in [-0.05, 0) is 31.5 Å². The number of hydrogen-bond acceptors (Lipinski definition) is 5. The molecule has 0 radical (unpaired) electrons. The molecule has 0 aliphatic rings. The van der Waals surface area contributed by atoms with Gasteiger partial charge in [-0.3, -0.25) is 25.0 Å². The Labute approximate surface area is 143 Å². The topological polar surface area (TPSA) is 114 Å². The summed E-state index contributed by atoms with van der Waals surface area (Å²) < 4.78 is 0. The Hall–Kier alpha value is -3.55. The van der Waals surface area contributed by atoms with E-state index in [-0.39, 0.29) is 11.3 Å². The minimum Gasteiger partial charge on any atom is -0.305 e. The second kappa shape index (κ2) is 6.52. The fraction of sp³-hybridized carbons (Fsp3) is 0.118. The summed E-state index contributed by atoms with van der Waals surface area (Å²) in [6, 6.07) is 7.84. The molecule has 8 nitrogen and oxygen atoms in total. The van der Waals surface area contributed by atoms with Crippen LogP contribution in [-0.2, 0) is 0 Å². The van der Waals surface area contributed by atoms with Crippen LogP contribution < -0.4 is 5.32 Å². The highest BCUT2D eigenvalue weighted by Crippen LogP contribution is 2.26. The Bertz CT molecular complexity index is 950. The highest BCUT2D eigenvalue weighted by molar-refractivity contribution is 6.05. The number of carbonyl (C=O) groups excluding carboxylic acids is 1. The van der Waals surface area contributed by atoms with Crippen LogP contribution in [0.2, 0.25) is 0 Å². The number of anilines is 1. The lowest BCUT2D eigenvalue weighted by Crippen LogP contribution is -2.14. The van der Waals surface area contributed by atoms with Gasteiger partial charge in [-0.15, -0.1) is 0 Å². The first kappa shape index (κ1) is 16.3. The number of nitrogens with one attached hydrogen (secondary N) is 2. The molecule has 25 heavy (non-hydrogen) atoms. The molecule has 0 atom stereocenters. The molecule has 0 saturated heterocycles. The molecule has 0 fully saturated rings. The van der Waals surface area contributed by atoms with Gasteiger partial charge in [0, 0.05) is 41.2 Å². The average molecular weight is 337 g/mol. The van der Waals surface area contributed by atoms with E-state index in [1.54, 1.807) is 25.4 Å². The number of hydrogen-bond donors (Lipinski definition) is 2. The maximum atomic E-state index is 12.5. The third-order valence-electron chi connectivity index (χ3n) is 3.89. The van der Waals surface area contributed by atoms with Crippen LogP contribution >= 0.6 is 0 Å². The summed E-state index contributed by atoms with van der Waals surface area (Å²) in [7, 11) is 0. The summed E-state index contributed by atoms with van der Waals surface area (Å²) in [5.74, 6) is -0.0696. The van der Waals surface area contributed by atoms with Crippen molar-refractivity contribution in [1.82, 2.24) is 15.2 Å². The average Bonchev–Trinajstić information content (AvgIpc) is 2.96. The van der Waals surface area contributed by atoms with Crippen molar-refractivity contribution in [2.24, 2.45) is 0 Å². The van der Waals surface area contributed by atoms with Gasteiger partial charge in [0.15, 0.2) is 5.82 Å². The number of aryl methyl sites for hydroxylation is 1. The van der Waals surface area contributed by atoms with Crippen molar-refractivity contribution in [3.8, 4) is 11.3 Å². The summed E-state index contributed by atoms with van der Waals surface area (Å²) in [4.78, 5) is 26.9. The van der Waals surface area contributed by atoms with E-state index in [9.17, 15) is 14.9 Å². The first-order valence-corrected chi connectivity index (χ1v) is 7.49. The number of nitrogens with zero attached hydrogens (tertiary/aromatic N) is 3. The maximum absolute atomic E-state index is 12.5. The molecule has 8 heteroatoms. The quantitative estimate of drug-likeness (QED) is 0.560. The number of nitro groups is 1. The van der Waals surface area contributed by atoms with Crippen molar-refractivity contribution in [2.75, 3.05) is 5.32 Å². The van der Waals surface area contributed by atoms with Crippen LogP contribution in [0.15, 0.2) is 42.7 Å². The van der Waals surface area contributed by atoms with Crippen LogP contribution in [-0.4, -0.2) is 26.0 Å². The zero-order valence-corrected chi connectivity index (χ0v) is 13.6. The van der Waals surface area contributed by atoms with E-state index in [0.29, 0.717) is 11.4 Å². The van der Waals surface area contributed by atoms with Crippen molar-refractivity contribution in [2.45, 2.75) is 13.8 Å². The number of nitro benzene ring substituents is 1. The number of carbonyl (C=O) groups is 1. The minimum atomic E-state index is -0.530. The zero-order chi connectivity index (χ0) is 18.0. The minimum absolute atomic E-state index is 0.132. The predicted octanol–water partition coefficient (Wildman–Crippen LogP) is 3.25. The van der Waals surface area contributed by atoms with Gasteiger partial charge in [0.25, 0.3) is 11.6 Å². The molecule has 3 aromatic rings. The van der Waals surface area contributed by atoms with Crippen molar-refractivity contribution in [3.05, 3.63) is 69.5 Å². The van der Waals surface area contributed by atoms with E-state index in [4.69, 9.17) is 0 Å². The molecule has 2 N–H and O–H groups in total. The smallest absolute Gasteiger partial charge is 0.270 e. The van der Waals surface area contributed by atoms with Crippen LogP contribution in [0.4, 0.5) is 11.5 Å². The molecule has 0 aliphatic heterocycles. The van der Waals surface area contributed by atoms with Crippen molar-refractivity contribution in [1.29, 1.82) is 0 Å². The summed E-state index contributed by atoms with van der Waals surface area (Å²) in [6.07, 6.45) is 3.33. The highest BCUT2D eigenvalue weighted by atomic mass is 16.6. The molecule has 0 bridgehead atoms. The van der Waals surface area contributed by atoms with Gasteiger partial charge < -0.3 is 5.32 Å². The normalized spacial score (nSPS) is 10.5. The number of H-pyrrole nitrogens is 1. The Morgan fingerprint density at radius 1 is 1.20 bits per heavy atom. The van der Waals surface area contributed by atoms with Gasteiger partial charge in [0.2, 0.25) is 0 Å². The molecule has 0 saturated carbocycles. The van der Waals surface area contributed by atoms with Gasteiger partial charge in [-0.2, -0.15) is 5.10 Å². The number of benzene rings is 1. The fourth-order valence-electron chi connectivity index (χ4n) is 2.46. The van der Waals surface area contributed by atoms with Crippen molar-refractivity contribution in [3.63, 3.8) is 0 Å². The molecule has 126 valence electrons. The molecule has 3 rings (SSSR count). The first-order valence-electron chi connectivity index (χ1n) is 7.49. The number of non-ortho nitro benzene ring substituents is 1. The molecular weight excluding hydrogens is 322 g/mol. The van der Waals surface area contributed by atoms with Crippen LogP contribution in [0.3, 0.4) is 0 Å². The lowest BCUT2D eigenvalue weighted by atomic mass is 10.1. The lowest BCUT2D eigenvalue weighted by Gasteiger charge is -2.06. The standard InChI is InChI=1S/C17H15N5O3/c1-10-3-4-13(22(24)25)9-14(10)17(23)19-16-11(2)15(20-21-16)12-5-7-18-8-6-12/h3-9H,1-2H3,(H2,19,20,21,23). The number of aromatic amines is 1. The predicted molar refractivity (Wildman–Crippen MR) is 92.3 cm³/mol. The lowest BCUT2D eigenvalue weighted by molar-refractivity contribution is -0.384. The van der Waals surface area contributed by atoms with Crippen molar-refractivity contribution < 1.29 is 9.72 Å². The van der Waals surface area contributed by atoms with E-state index in [1.807, 2.05) is 19.1 Å². The molecular formula is C17H15N5O3. The second-order valence-corrected chi connectivity index (χ2v) is 5.52. The number of aromatic nitrogens is 3. The van der Waals surface area contributed by atoms with Crippen molar-refractivity contribution >= 4 is 17.4 Å². The summed E-state index contributed by atoms with van der Waals surface area (Å²) in [6.45, 7) is 3.55. The fourth-order valence-corrected chi connectivity index (χ4v) is 2.46. The third-order valence-corrected chi connectivity index (χ3v) is 3.89. The molecule has 2 aromatic heterocycles. The van der Waals surface area contributed by atoms with Gasteiger partial charge >= 0.3 is 0 Å². The maximum Gasteiger partial charge on any atom is 0.270 e. The Balaban J connectivity index is 1.89. The first-order chi connectivity index (χ1) is 12.0. The van der Waals surface area contributed by atoms with E-state index in [2.05, 4.69) is 20.5 Å². The molecule has 1 amide bonds. The van der Waals surface area contributed by atoms with Crippen LogP contribution in [0.1, 0.15) is 21.5 Å². The van der Waals surface area contributed by atoms with Gasteiger partial charge in [0.1, 0.15) is 0 Å². The van der Waals surface area contributed by atoms with Gasteiger partial charge in [-0.25, -0.2) is 0 Å². The largest absolute Gasteiger partial charge is 0.305 e. The molecule has 0 spiro atoms. The van der Waals surface area contributed by atoms with Crippen LogP contribution in [0, 0.1) is 24.0 Å². The van der Waals surface area contributed by atoms with E-state index in [0.717, 1.165) is 16.8 Å². The second-order valence-electron chi connectivity index (χ2n) is 5.52. The van der Waals surface area contributed by atoms with E-state index in [1.165, 1.54) is 12.1 Å². The van der Waals surface area contributed by atoms with Crippen LogP contribution in [0.5, 0.6) is 0 Å². The van der Waals surface area contributed by atoms with Gasteiger partial charge in [-0.1, -0.05) is 6.07 Å². The third kappa shape index (κ3) is 3.23. The number of pyridine rings is 1. The Kier molecular flexibility index (Phi) is 4.25. The van der Waals surface area contributed by atoms with Crippen LogP contribution in [0.25, 0.3) is 11.3 Å². The zero-order valence-electron chi connectivity index (χ0n) is 13.6. The SMILES string of the molecule is Cc1ccc([N+](=O)[O-])cc1C(=O)Nc1n[nH]c(-c2ccncc2)c1C. The monoisotopic (exact) mass is 337 g/mol. The molecule has 0 aliphatic carbocycles. The number of amides is 1. The summed E-state index contributed by atoms with van der Waals surface area (Å²) >= 11 is 0. The highest BCUT2D eigenvalue weighted by Gasteiger charge is 2.18. The number of rotatable bonds is 4. The molecule has 2 heterocycles. The molecule has 1 aromatic carbocycles. The Morgan fingerprint density at radius 3 is 2.60 bits per heavy atom. The Morgan fingerprint density at radius 2 is 1.92 bits per heavy atom. The summed E-state index contributed by atoms with van der Waals surface area (Å²) in [5, 5.41) is 20.6. The van der Waals surface area contributed by atoms with Gasteiger partial charge in [0.05, 0.1) is 10.6 Å². The van der Waals surface area contributed by atoms with E-state index < -0.39 is 10.8 Å². The summed E-state index contributed by atoms with van der Waals surface area (Å²) in [5.41, 5.74) is 3.18. The molecule has 0 unspecified atom stereocenters.